The molecule has 2 amide bonds. The molecule has 0 spiro atoms. The van der Waals surface area contributed by atoms with Crippen molar-refractivity contribution < 1.29 is 13.2 Å². The van der Waals surface area contributed by atoms with E-state index in [-0.39, 0.29) is 25.7 Å². The molecule has 0 bridgehead atoms. The zero-order valence-electron chi connectivity index (χ0n) is 11.1. The van der Waals surface area contributed by atoms with Crippen LogP contribution in [0.5, 0.6) is 0 Å². The van der Waals surface area contributed by atoms with E-state index in [0.29, 0.717) is 5.02 Å². The van der Waals surface area contributed by atoms with Gasteiger partial charge in [-0.1, -0.05) is 46.4 Å². The van der Waals surface area contributed by atoms with Crippen molar-refractivity contribution in [1.82, 2.24) is 4.72 Å². The van der Waals surface area contributed by atoms with Crippen LogP contribution in [-0.4, -0.2) is 14.4 Å². The third-order valence-corrected chi connectivity index (χ3v) is 5.37. The van der Waals surface area contributed by atoms with E-state index in [1.165, 1.54) is 30.3 Å². The standard InChI is InChI=1S/C13H8Cl4N2O3S/c14-7-1-3-10(16)12(5-7)23(21,22)19-13(20)18-8-2-4-9(15)11(17)6-8/h1-6H,(H2,18,19,20). The second kappa shape index (κ2) is 7.15. The van der Waals surface area contributed by atoms with E-state index in [9.17, 15) is 13.2 Å². The molecule has 0 saturated carbocycles. The van der Waals surface area contributed by atoms with Crippen LogP contribution in [0.4, 0.5) is 10.5 Å². The molecule has 5 nitrogen and oxygen atoms in total. The molecule has 0 atom stereocenters. The van der Waals surface area contributed by atoms with Crippen LogP contribution in [0.1, 0.15) is 0 Å². The van der Waals surface area contributed by atoms with Gasteiger partial charge in [0.15, 0.2) is 0 Å². The number of anilines is 1. The van der Waals surface area contributed by atoms with E-state index < -0.39 is 16.1 Å². The van der Waals surface area contributed by atoms with Gasteiger partial charge in [-0.3, -0.25) is 0 Å². The van der Waals surface area contributed by atoms with Gasteiger partial charge in [0.25, 0.3) is 10.0 Å². The molecule has 0 saturated heterocycles. The normalized spacial score (nSPS) is 11.1. The van der Waals surface area contributed by atoms with Gasteiger partial charge in [0.1, 0.15) is 4.90 Å². The van der Waals surface area contributed by atoms with Crippen molar-refractivity contribution in [2.45, 2.75) is 4.90 Å². The molecule has 0 fully saturated rings. The first kappa shape index (κ1) is 18.2. The average Bonchev–Trinajstić information content (AvgIpc) is 2.44. The number of halogens is 4. The average molecular weight is 414 g/mol. The summed E-state index contributed by atoms with van der Waals surface area (Å²) >= 11 is 23.1. The van der Waals surface area contributed by atoms with Crippen molar-refractivity contribution in [2.75, 3.05) is 5.32 Å². The SMILES string of the molecule is O=C(Nc1ccc(Cl)c(Cl)c1)NS(=O)(=O)c1cc(Cl)ccc1Cl. The van der Waals surface area contributed by atoms with E-state index in [0.717, 1.165) is 6.07 Å². The minimum absolute atomic E-state index is 0.0655. The lowest BCUT2D eigenvalue weighted by Gasteiger charge is -2.10. The quantitative estimate of drug-likeness (QED) is 0.757. The second-order valence-electron chi connectivity index (χ2n) is 4.26. The molecule has 0 aliphatic rings. The predicted octanol–water partition coefficient (Wildman–Crippen LogP) is 4.81. The molecule has 0 aromatic heterocycles. The Bertz CT molecular complexity index is 872. The highest BCUT2D eigenvalue weighted by Crippen LogP contribution is 2.26. The van der Waals surface area contributed by atoms with E-state index in [1.54, 1.807) is 0 Å². The van der Waals surface area contributed by atoms with Gasteiger partial charge in [-0.05, 0) is 36.4 Å². The smallest absolute Gasteiger partial charge is 0.307 e. The lowest BCUT2D eigenvalue weighted by atomic mass is 10.3. The van der Waals surface area contributed by atoms with E-state index in [2.05, 4.69) is 5.32 Å². The van der Waals surface area contributed by atoms with Gasteiger partial charge < -0.3 is 5.32 Å². The molecule has 0 heterocycles. The van der Waals surface area contributed by atoms with Crippen molar-refractivity contribution >= 4 is 68.1 Å². The maximum atomic E-state index is 12.2. The van der Waals surface area contributed by atoms with Crippen molar-refractivity contribution in [2.24, 2.45) is 0 Å². The van der Waals surface area contributed by atoms with Gasteiger partial charge in [0.2, 0.25) is 0 Å². The molecular weight excluding hydrogens is 406 g/mol. The molecule has 0 radical (unpaired) electrons. The Morgan fingerprint density at radius 1 is 0.870 bits per heavy atom. The Labute approximate surface area is 152 Å². The van der Waals surface area contributed by atoms with Crippen LogP contribution in [0, 0.1) is 0 Å². The number of carbonyl (C=O) groups excluding carboxylic acids is 1. The highest BCUT2D eigenvalue weighted by molar-refractivity contribution is 7.90. The number of benzene rings is 2. The van der Waals surface area contributed by atoms with Crippen molar-refractivity contribution in [1.29, 1.82) is 0 Å². The Kier molecular flexibility index (Phi) is 5.65. The van der Waals surface area contributed by atoms with Crippen molar-refractivity contribution in [3.05, 3.63) is 56.5 Å². The van der Waals surface area contributed by atoms with E-state index in [1.807, 2.05) is 4.72 Å². The second-order valence-corrected chi connectivity index (χ2v) is 7.57. The summed E-state index contributed by atoms with van der Waals surface area (Å²) in [6.45, 7) is 0. The predicted molar refractivity (Wildman–Crippen MR) is 92.3 cm³/mol. The molecule has 2 N–H and O–H groups in total. The topological polar surface area (TPSA) is 75.3 Å². The van der Waals surface area contributed by atoms with Gasteiger partial charge >= 0.3 is 6.03 Å². The highest BCUT2D eigenvalue weighted by Gasteiger charge is 2.21. The highest BCUT2D eigenvalue weighted by atomic mass is 35.5. The van der Waals surface area contributed by atoms with Crippen LogP contribution in [0.2, 0.25) is 20.1 Å². The number of nitrogens with one attached hydrogen (secondary N) is 2. The molecule has 2 aromatic rings. The van der Waals surface area contributed by atoms with Gasteiger partial charge in [-0.15, -0.1) is 0 Å². The summed E-state index contributed by atoms with van der Waals surface area (Å²) in [5, 5.41) is 2.94. The summed E-state index contributed by atoms with van der Waals surface area (Å²) in [5.74, 6) is 0. The molecule has 2 aromatic carbocycles. The number of urea groups is 1. The maximum Gasteiger partial charge on any atom is 0.333 e. The summed E-state index contributed by atoms with van der Waals surface area (Å²) in [5.41, 5.74) is 0.268. The molecule has 0 aliphatic carbocycles. The first-order valence-corrected chi connectivity index (χ1v) is 8.92. The first-order chi connectivity index (χ1) is 10.7. The minimum atomic E-state index is -4.19. The Hall–Kier alpha value is -1.18. The summed E-state index contributed by atoms with van der Waals surface area (Å²) in [7, 11) is -4.19. The van der Waals surface area contributed by atoms with Gasteiger partial charge in [-0.2, -0.15) is 0 Å². The maximum absolute atomic E-state index is 12.2. The number of hydrogen-bond donors (Lipinski definition) is 2. The third-order valence-electron chi connectivity index (χ3n) is 2.59. The molecule has 0 unspecified atom stereocenters. The molecule has 0 aliphatic heterocycles. The summed E-state index contributed by atoms with van der Waals surface area (Å²) in [4.78, 5) is 11.5. The van der Waals surface area contributed by atoms with Crippen LogP contribution in [0.25, 0.3) is 0 Å². The van der Waals surface area contributed by atoms with Crippen LogP contribution >= 0.6 is 46.4 Å². The van der Waals surface area contributed by atoms with Crippen LogP contribution in [-0.2, 0) is 10.0 Å². The Morgan fingerprint density at radius 3 is 2.17 bits per heavy atom. The van der Waals surface area contributed by atoms with Gasteiger partial charge in [0.05, 0.1) is 15.1 Å². The lowest BCUT2D eigenvalue weighted by molar-refractivity contribution is 0.256. The molecule has 10 heteroatoms. The van der Waals surface area contributed by atoms with Crippen LogP contribution < -0.4 is 10.0 Å². The minimum Gasteiger partial charge on any atom is -0.307 e. The number of hydrogen-bond acceptors (Lipinski definition) is 3. The third kappa shape index (κ3) is 4.65. The zero-order valence-corrected chi connectivity index (χ0v) is 14.9. The van der Waals surface area contributed by atoms with Crippen molar-refractivity contribution in [3.8, 4) is 0 Å². The molecule has 122 valence electrons. The Balaban J connectivity index is 2.18. The molecular formula is C13H8Cl4N2O3S. The zero-order chi connectivity index (χ0) is 17.2. The summed E-state index contributed by atoms with van der Waals surface area (Å²) in [6, 6.07) is 7.20. The first-order valence-electron chi connectivity index (χ1n) is 5.93. The summed E-state index contributed by atoms with van der Waals surface area (Å²) < 4.78 is 26.2. The van der Waals surface area contributed by atoms with E-state index >= 15 is 0 Å². The largest absolute Gasteiger partial charge is 0.333 e. The van der Waals surface area contributed by atoms with Gasteiger partial charge in [0, 0.05) is 10.7 Å². The number of sulfonamides is 1. The van der Waals surface area contributed by atoms with Crippen LogP contribution in [0.3, 0.4) is 0 Å². The molecule has 23 heavy (non-hydrogen) atoms. The van der Waals surface area contributed by atoms with Crippen LogP contribution in [0.15, 0.2) is 41.3 Å². The Morgan fingerprint density at radius 2 is 1.52 bits per heavy atom. The lowest BCUT2D eigenvalue weighted by Crippen LogP contribution is -2.34. The number of rotatable bonds is 3. The fourth-order valence-corrected chi connectivity index (χ4v) is 3.56. The fraction of sp³-hybridized carbons (Fsp3) is 0. The van der Waals surface area contributed by atoms with Gasteiger partial charge in [-0.25, -0.2) is 17.9 Å². The monoisotopic (exact) mass is 412 g/mol. The number of amides is 2. The van der Waals surface area contributed by atoms with E-state index in [4.69, 9.17) is 46.4 Å². The fourth-order valence-electron chi connectivity index (χ4n) is 1.59. The number of carbonyl (C=O) groups is 1. The molecule has 2 rings (SSSR count). The summed E-state index contributed by atoms with van der Waals surface area (Å²) in [6.07, 6.45) is 0. The van der Waals surface area contributed by atoms with Crippen molar-refractivity contribution in [3.63, 3.8) is 0 Å².